The summed E-state index contributed by atoms with van der Waals surface area (Å²) in [4.78, 5) is 0. The average molecular weight is 250 g/mol. The molecule has 0 nitrogen and oxygen atoms in total. The first-order valence-corrected chi connectivity index (χ1v) is 7.63. The molecular weight excluding hydrogens is 223 g/mol. The van der Waals surface area contributed by atoms with Crippen LogP contribution in [0.4, 0.5) is 0 Å². The van der Waals surface area contributed by atoms with E-state index in [2.05, 4.69) is 65.8 Å². The van der Waals surface area contributed by atoms with E-state index in [4.69, 9.17) is 0 Å². The van der Waals surface area contributed by atoms with Gasteiger partial charge in [-0.2, -0.15) is 0 Å². The summed E-state index contributed by atoms with van der Waals surface area (Å²) in [5.74, 6) is 0. The molecule has 0 radical (unpaired) electrons. The average Bonchev–Trinajstić information content (AvgIpc) is 2.16. The van der Waals surface area contributed by atoms with Gasteiger partial charge in [0.2, 0.25) is 0 Å². The predicted molar refractivity (Wildman–Crippen MR) is 82.1 cm³/mol. The van der Waals surface area contributed by atoms with Gasteiger partial charge >= 0.3 is 0 Å². The molecule has 1 unspecified atom stereocenters. The van der Waals surface area contributed by atoms with Gasteiger partial charge in [0.1, 0.15) is 0 Å². The second-order valence-electron chi connectivity index (χ2n) is 6.59. The Hall–Kier alpha value is -0.350. The maximum atomic E-state index is 2.38. The van der Waals surface area contributed by atoms with Crippen molar-refractivity contribution in [3.8, 4) is 0 Å². The largest absolute Gasteiger partial charge is 0.0846 e. The van der Waals surface area contributed by atoms with Crippen LogP contribution >= 0.6 is 8.58 Å². The molecule has 0 aliphatic heterocycles. The fourth-order valence-corrected chi connectivity index (χ4v) is 3.62. The monoisotopic (exact) mass is 250 g/mol. The summed E-state index contributed by atoms with van der Waals surface area (Å²) in [7, 11) is 0.918. The Balaban J connectivity index is 2.75. The Morgan fingerprint density at radius 1 is 0.941 bits per heavy atom. The molecule has 17 heavy (non-hydrogen) atoms. The highest BCUT2D eigenvalue weighted by molar-refractivity contribution is 7.48. The topological polar surface area (TPSA) is 0 Å². The SMILES string of the molecule is CCCC(C)(C)Pc1ccc(C(C)(C)C)cc1. The van der Waals surface area contributed by atoms with Gasteiger partial charge in [0, 0.05) is 0 Å². The van der Waals surface area contributed by atoms with E-state index >= 15 is 0 Å². The van der Waals surface area contributed by atoms with E-state index in [0.717, 1.165) is 8.58 Å². The minimum absolute atomic E-state index is 0.264. The summed E-state index contributed by atoms with van der Waals surface area (Å²) in [6, 6.07) is 9.22. The van der Waals surface area contributed by atoms with Crippen molar-refractivity contribution in [1.82, 2.24) is 0 Å². The molecular formula is C16H27P. The summed E-state index contributed by atoms with van der Waals surface area (Å²) >= 11 is 0. The van der Waals surface area contributed by atoms with Gasteiger partial charge in [0.25, 0.3) is 0 Å². The minimum atomic E-state index is 0.264. The van der Waals surface area contributed by atoms with Crippen molar-refractivity contribution in [1.29, 1.82) is 0 Å². The molecule has 0 aliphatic rings. The Morgan fingerprint density at radius 2 is 1.47 bits per heavy atom. The molecule has 1 rings (SSSR count). The van der Waals surface area contributed by atoms with Gasteiger partial charge in [-0.05, 0) is 27.9 Å². The molecule has 96 valence electrons. The third kappa shape index (κ3) is 4.80. The number of benzene rings is 1. The van der Waals surface area contributed by atoms with Gasteiger partial charge in [-0.25, -0.2) is 0 Å². The quantitative estimate of drug-likeness (QED) is 0.669. The van der Waals surface area contributed by atoms with E-state index in [0.29, 0.717) is 5.16 Å². The number of hydrogen-bond acceptors (Lipinski definition) is 0. The molecule has 0 fully saturated rings. The van der Waals surface area contributed by atoms with Gasteiger partial charge in [0.15, 0.2) is 0 Å². The molecule has 0 amide bonds. The zero-order chi connectivity index (χ0) is 13.1. The van der Waals surface area contributed by atoms with Crippen LogP contribution in [-0.4, -0.2) is 5.16 Å². The molecule has 0 bridgehead atoms. The summed E-state index contributed by atoms with van der Waals surface area (Å²) < 4.78 is 0. The first-order chi connectivity index (χ1) is 7.74. The Kier molecular flexibility index (Phi) is 4.78. The van der Waals surface area contributed by atoms with Crippen molar-refractivity contribution in [3.05, 3.63) is 29.8 Å². The van der Waals surface area contributed by atoms with Gasteiger partial charge in [-0.15, -0.1) is 0 Å². The maximum absolute atomic E-state index is 2.38. The molecule has 0 aliphatic carbocycles. The van der Waals surface area contributed by atoms with Crippen LogP contribution in [0.1, 0.15) is 59.9 Å². The Labute approximate surface area is 109 Å². The third-order valence-corrected chi connectivity index (χ3v) is 4.66. The molecule has 0 saturated carbocycles. The lowest BCUT2D eigenvalue weighted by Gasteiger charge is -2.25. The van der Waals surface area contributed by atoms with E-state index in [1.807, 2.05) is 0 Å². The second kappa shape index (κ2) is 5.53. The predicted octanol–water partition coefficient (Wildman–Crippen LogP) is 4.87. The smallest absolute Gasteiger partial charge is 0.0132 e. The third-order valence-electron chi connectivity index (χ3n) is 3.11. The maximum Gasteiger partial charge on any atom is -0.0132 e. The summed E-state index contributed by atoms with van der Waals surface area (Å²) in [6.07, 6.45) is 2.59. The highest BCUT2D eigenvalue weighted by Crippen LogP contribution is 2.35. The van der Waals surface area contributed by atoms with E-state index < -0.39 is 0 Å². The van der Waals surface area contributed by atoms with Crippen LogP contribution in [0.5, 0.6) is 0 Å². The Bertz CT molecular complexity index is 341. The van der Waals surface area contributed by atoms with E-state index in [9.17, 15) is 0 Å². The normalized spacial score (nSPS) is 13.5. The van der Waals surface area contributed by atoms with Gasteiger partial charge in [0.05, 0.1) is 0 Å². The zero-order valence-electron chi connectivity index (χ0n) is 12.2. The molecule has 1 aromatic rings. The van der Waals surface area contributed by atoms with Crippen molar-refractivity contribution < 1.29 is 0 Å². The van der Waals surface area contributed by atoms with E-state index in [1.54, 1.807) is 0 Å². The number of hydrogen-bond donors (Lipinski definition) is 0. The van der Waals surface area contributed by atoms with Gasteiger partial charge in [-0.3, -0.25) is 0 Å². The minimum Gasteiger partial charge on any atom is -0.0846 e. The first-order valence-electron chi connectivity index (χ1n) is 6.63. The molecule has 0 saturated heterocycles. The van der Waals surface area contributed by atoms with Crippen molar-refractivity contribution in [2.75, 3.05) is 0 Å². The summed E-state index contributed by atoms with van der Waals surface area (Å²) in [5, 5.41) is 1.95. The lowest BCUT2D eigenvalue weighted by molar-refractivity contribution is 0.590. The summed E-state index contributed by atoms with van der Waals surface area (Å²) in [5.41, 5.74) is 1.69. The second-order valence-corrected chi connectivity index (χ2v) is 8.77. The standard InChI is InChI=1S/C16H27P/c1-7-12-16(5,6)17-14-10-8-13(9-11-14)15(2,3)4/h8-11,17H,7,12H2,1-6H3. The van der Waals surface area contributed by atoms with E-state index in [-0.39, 0.29) is 5.41 Å². The lowest BCUT2D eigenvalue weighted by atomic mass is 9.87. The van der Waals surface area contributed by atoms with Gasteiger partial charge in [-0.1, -0.05) is 80.8 Å². The van der Waals surface area contributed by atoms with Crippen LogP contribution in [-0.2, 0) is 5.41 Å². The van der Waals surface area contributed by atoms with Crippen LogP contribution in [0.3, 0.4) is 0 Å². The molecule has 1 atom stereocenters. The van der Waals surface area contributed by atoms with Crippen molar-refractivity contribution in [3.63, 3.8) is 0 Å². The molecule has 0 aromatic heterocycles. The molecule has 1 heteroatoms. The van der Waals surface area contributed by atoms with Crippen LogP contribution in [0, 0.1) is 0 Å². The molecule has 0 N–H and O–H groups in total. The van der Waals surface area contributed by atoms with Crippen molar-refractivity contribution in [2.24, 2.45) is 0 Å². The first kappa shape index (κ1) is 14.7. The van der Waals surface area contributed by atoms with Crippen molar-refractivity contribution >= 4 is 13.9 Å². The Morgan fingerprint density at radius 3 is 1.88 bits per heavy atom. The lowest BCUT2D eigenvalue weighted by Crippen LogP contribution is -2.17. The van der Waals surface area contributed by atoms with Crippen LogP contribution < -0.4 is 5.30 Å². The highest BCUT2D eigenvalue weighted by atomic mass is 31.1. The molecule has 1 aromatic carbocycles. The molecule has 0 heterocycles. The van der Waals surface area contributed by atoms with Crippen LogP contribution in [0.2, 0.25) is 0 Å². The van der Waals surface area contributed by atoms with Crippen LogP contribution in [0.15, 0.2) is 24.3 Å². The van der Waals surface area contributed by atoms with E-state index in [1.165, 1.54) is 23.7 Å². The van der Waals surface area contributed by atoms with Gasteiger partial charge < -0.3 is 0 Å². The number of rotatable bonds is 4. The summed E-state index contributed by atoms with van der Waals surface area (Å²) in [6.45, 7) is 13.8. The van der Waals surface area contributed by atoms with Crippen molar-refractivity contribution in [2.45, 2.75) is 65.0 Å². The van der Waals surface area contributed by atoms with Crippen LogP contribution in [0.25, 0.3) is 0 Å². The highest BCUT2D eigenvalue weighted by Gasteiger charge is 2.18. The molecule has 0 spiro atoms. The fourth-order valence-electron chi connectivity index (χ4n) is 2.13. The fraction of sp³-hybridized carbons (Fsp3) is 0.625. The zero-order valence-corrected chi connectivity index (χ0v) is 13.2.